The highest BCUT2D eigenvalue weighted by atomic mass is 16.6. The summed E-state index contributed by atoms with van der Waals surface area (Å²) in [5.41, 5.74) is 5.56. The van der Waals surface area contributed by atoms with E-state index in [0.29, 0.717) is 73.1 Å². The highest BCUT2D eigenvalue weighted by Crippen LogP contribution is 2.59. The van der Waals surface area contributed by atoms with E-state index in [9.17, 15) is 38.4 Å². The minimum Gasteiger partial charge on any atom is -0.481 e. The van der Waals surface area contributed by atoms with Crippen molar-refractivity contribution in [3.63, 3.8) is 0 Å². The van der Waals surface area contributed by atoms with Crippen LogP contribution in [0.1, 0.15) is 158 Å². The third-order valence-electron chi connectivity index (χ3n) is 16.5. The molecule has 0 aromatic heterocycles. The lowest BCUT2D eigenvalue weighted by molar-refractivity contribution is -0.143. The predicted octanol–water partition coefficient (Wildman–Crippen LogP) is 9.45. The van der Waals surface area contributed by atoms with Crippen molar-refractivity contribution in [2.75, 3.05) is 54.9 Å². The molecule has 0 heterocycles. The summed E-state index contributed by atoms with van der Waals surface area (Å²) in [6, 6.07) is 15.2. The maximum atomic E-state index is 12.8. The van der Waals surface area contributed by atoms with Gasteiger partial charge in [0.15, 0.2) is 51.6 Å². The largest absolute Gasteiger partial charge is 0.481 e. The van der Waals surface area contributed by atoms with Crippen LogP contribution in [0.25, 0.3) is 0 Å². The van der Waals surface area contributed by atoms with Crippen molar-refractivity contribution in [2.45, 2.75) is 110 Å². The number of carbonyl (C=O) groups is 8. The lowest BCUT2D eigenvalue weighted by atomic mass is 9.51. The second-order valence-corrected chi connectivity index (χ2v) is 20.3. The van der Waals surface area contributed by atoms with Gasteiger partial charge in [-0.15, -0.1) is 0 Å². The number of aryl methyl sites for hydroxylation is 4. The summed E-state index contributed by atoms with van der Waals surface area (Å²) in [5.74, 6) is -0.779. The fourth-order valence-electron chi connectivity index (χ4n) is 12.1. The number of methoxy groups -OCH3 is 4. The molecule has 0 spiro atoms. The second-order valence-electron chi connectivity index (χ2n) is 20.3. The van der Waals surface area contributed by atoms with Crippen molar-refractivity contribution in [1.82, 2.24) is 0 Å². The molecule has 0 aliphatic heterocycles. The Balaban J connectivity index is 1.40. The SMILES string of the molecule is CCC(C)(C1CCC(c2cc(C)c(OCC(=O)OC)c(C=O)c2)(c2cc(C)c(OCC(=O)OC)c(C=O)c2)CC1)C1CCC(c2cc(C)c(OCC(=O)OC)c(C=O)c2)(c2cc(C)c(OCC(=O)OC)c(C=O)c2)CC1. The topological polar surface area (TPSA) is 210 Å². The second kappa shape index (κ2) is 25.0. The van der Waals surface area contributed by atoms with Gasteiger partial charge in [0.25, 0.3) is 0 Å². The van der Waals surface area contributed by atoms with Gasteiger partial charge in [0, 0.05) is 10.8 Å². The first-order chi connectivity index (χ1) is 36.3. The van der Waals surface area contributed by atoms with Gasteiger partial charge in [-0.25, -0.2) is 19.2 Å². The molecule has 2 fully saturated rings. The van der Waals surface area contributed by atoms with Gasteiger partial charge < -0.3 is 37.9 Å². The zero-order valence-corrected chi connectivity index (χ0v) is 45.3. The fraction of sp³-hybridized carbons (Fsp3) is 0.467. The van der Waals surface area contributed by atoms with E-state index >= 15 is 0 Å². The van der Waals surface area contributed by atoms with E-state index in [4.69, 9.17) is 37.9 Å². The Hall–Kier alpha value is -7.36. The molecule has 16 nitrogen and oxygen atoms in total. The first kappa shape index (κ1) is 57.9. The van der Waals surface area contributed by atoms with Crippen molar-refractivity contribution in [1.29, 1.82) is 0 Å². The molecule has 76 heavy (non-hydrogen) atoms. The molecule has 16 heteroatoms. The van der Waals surface area contributed by atoms with Gasteiger partial charge in [0.05, 0.1) is 50.7 Å². The van der Waals surface area contributed by atoms with E-state index in [1.165, 1.54) is 28.4 Å². The Kier molecular flexibility index (Phi) is 19.0. The molecule has 2 saturated carbocycles. The maximum absolute atomic E-state index is 12.8. The lowest BCUT2D eigenvalue weighted by Crippen LogP contribution is -2.44. The molecule has 2 aliphatic rings. The van der Waals surface area contributed by atoms with Gasteiger partial charge >= 0.3 is 23.9 Å². The van der Waals surface area contributed by atoms with Crippen molar-refractivity contribution in [3.8, 4) is 23.0 Å². The highest BCUT2D eigenvalue weighted by molar-refractivity contribution is 5.85. The highest BCUT2D eigenvalue weighted by Gasteiger charge is 2.50. The quantitative estimate of drug-likeness (QED) is 0.0385. The molecule has 6 rings (SSSR count). The van der Waals surface area contributed by atoms with E-state index in [1.807, 2.05) is 76.2 Å². The Morgan fingerprint density at radius 3 is 0.855 bits per heavy atom. The van der Waals surface area contributed by atoms with Crippen molar-refractivity contribution >= 4 is 49.0 Å². The van der Waals surface area contributed by atoms with Crippen LogP contribution in [0.4, 0.5) is 0 Å². The number of ether oxygens (including phenoxy) is 8. The van der Waals surface area contributed by atoms with E-state index in [-0.39, 0.29) is 88.9 Å². The number of hydrogen-bond donors (Lipinski definition) is 0. The smallest absolute Gasteiger partial charge is 0.343 e. The lowest BCUT2D eigenvalue weighted by Gasteiger charge is -2.53. The Labute approximate surface area is 444 Å². The van der Waals surface area contributed by atoms with E-state index < -0.39 is 34.7 Å². The van der Waals surface area contributed by atoms with Gasteiger partial charge in [-0.2, -0.15) is 0 Å². The molecule has 4 aromatic carbocycles. The summed E-state index contributed by atoms with van der Waals surface area (Å²) in [4.78, 5) is 99.7. The molecule has 4 aromatic rings. The molecule has 0 bridgehead atoms. The summed E-state index contributed by atoms with van der Waals surface area (Å²) in [6.07, 6.45) is 9.53. The predicted molar refractivity (Wildman–Crippen MR) is 280 cm³/mol. The summed E-state index contributed by atoms with van der Waals surface area (Å²) >= 11 is 0. The van der Waals surface area contributed by atoms with Crippen LogP contribution >= 0.6 is 0 Å². The molecule has 2 aliphatic carbocycles. The Morgan fingerprint density at radius 2 is 0.671 bits per heavy atom. The van der Waals surface area contributed by atoms with Gasteiger partial charge in [0.2, 0.25) is 0 Å². The Morgan fingerprint density at radius 1 is 0.447 bits per heavy atom. The van der Waals surface area contributed by atoms with Gasteiger partial charge in [-0.1, -0.05) is 44.5 Å². The normalized spacial score (nSPS) is 15.3. The zero-order valence-electron chi connectivity index (χ0n) is 45.3. The summed E-state index contributed by atoms with van der Waals surface area (Å²) < 4.78 is 42.5. The number of aldehydes is 4. The zero-order chi connectivity index (χ0) is 55.5. The summed E-state index contributed by atoms with van der Waals surface area (Å²) in [6.45, 7) is 10.4. The van der Waals surface area contributed by atoms with Crippen LogP contribution in [0.5, 0.6) is 23.0 Å². The molecular formula is C60H70O16. The van der Waals surface area contributed by atoms with Crippen molar-refractivity contribution in [3.05, 3.63) is 115 Å². The van der Waals surface area contributed by atoms with Crippen LogP contribution in [-0.4, -0.2) is 104 Å². The Bertz CT molecular complexity index is 2490. The monoisotopic (exact) mass is 1050 g/mol. The summed E-state index contributed by atoms with van der Waals surface area (Å²) in [5, 5.41) is 0. The van der Waals surface area contributed by atoms with Crippen molar-refractivity contribution < 1.29 is 76.3 Å². The molecule has 0 saturated heterocycles. The number of benzene rings is 4. The van der Waals surface area contributed by atoms with Gasteiger partial charge in [0.1, 0.15) is 23.0 Å². The van der Waals surface area contributed by atoms with E-state index in [2.05, 4.69) is 13.8 Å². The first-order valence-electron chi connectivity index (χ1n) is 25.6. The van der Waals surface area contributed by atoms with E-state index in [1.54, 1.807) is 0 Å². The minimum absolute atomic E-state index is 0.159. The minimum atomic E-state index is -0.693. The molecule has 406 valence electrons. The molecule has 0 radical (unpaired) electrons. The van der Waals surface area contributed by atoms with Crippen LogP contribution in [0, 0.1) is 44.9 Å². The van der Waals surface area contributed by atoms with Crippen LogP contribution in [-0.2, 0) is 49.0 Å². The van der Waals surface area contributed by atoms with Crippen LogP contribution in [0.3, 0.4) is 0 Å². The number of rotatable bonds is 23. The van der Waals surface area contributed by atoms with Crippen LogP contribution in [0.15, 0.2) is 48.5 Å². The molecule has 0 amide bonds. The maximum Gasteiger partial charge on any atom is 0.343 e. The molecular weight excluding hydrogens is 977 g/mol. The van der Waals surface area contributed by atoms with Gasteiger partial charge in [-0.05, 0) is 165 Å². The average molecular weight is 1050 g/mol. The third-order valence-corrected chi connectivity index (χ3v) is 16.5. The fourth-order valence-corrected chi connectivity index (χ4v) is 12.1. The third kappa shape index (κ3) is 11.9. The molecule has 0 N–H and O–H groups in total. The van der Waals surface area contributed by atoms with Crippen LogP contribution < -0.4 is 18.9 Å². The number of hydrogen-bond acceptors (Lipinski definition) is 16. The average Bonchev–Trinajstić information content (AvgIpc) is 3.47. The van der Waals surface area contributed by atoms with Crippen LogP contribution in [0.2, 0.25) is 0 Å². The molecule has 0 atom stereocenters. The van der Waals surface area contributed by atoms with Gasteiger partial charge in [-0.3, -0.25) is 19.2 Å². The molecule has 0 unspecified atom stereocenters. The number of esters is 4. The first-order valence-corrected chi connectivity index (χ1v) is 25.6. The van der Waals surface area contributed by atoms with Crippen molar-refractivity contribution in [2.24, 2.45) is 17.3 Å². The van der Waals surface area contributed by atoms with E-state index in [0.717, 1.165) is 54.4 Å². The standard InChI is InChI=1S/C60H70O16/c1-11-58(6,44-12-16-59(17-13-44,46-20-36(2)54(40(24-46)28-61)73-32-50(65)69-7)47-21-37(3)55(41(25-47)29-62)74-33-51(66)70-8)45-14-18-60(19-15-45,48-22-38(4)56(42(26-48)30-63)75-34-52(67)71-9)49-23-39(5)57(43(27-49)31-64)76-35-53(68)72-10/h20-31,44-45H,11-19,32-35H2,1-10H3. The number of carbonyl (C=O) groups excluding carboxylic acids is 8. The summed E-state index contributed by atoms with van der Waals surface area (Å²) in [7, 11) is 5.04.